The van der Waals surface area contributed by atoms with Crippen molar-refractivity contribution in [3.8, 4) is 0 Å². The molecule has 0 N–H and O–H groups in total. The van der Waals surface area contributed by atoms with Crippen LogP contribution in [0.25, 0.3) is 0 Å². The maximum Gasteiger partial charge on any atom is 0.106 e. The molecule has 0 amide bonds. The van der Waals surface area contributed by atoms with Gasteiger partial charge in [0.2, 0.25) is 0 Å². The first-order valence-corrected chi connectivity index (χ1v) is 4.18. The molecule has 2 heteroatoms. The first kappa shape index (κ1) is 10.7. The third kappa shape index (κ3) is 4.20. The van der Waals surface area contributed by atoms with Crippen LogP contribution in [0.5, 0.6) is 0 Å². The minimum Gasteiger partial charge on any atom is -0.246 e. The highest BCUT2D eigenvalue weighted by Gasteiger charge is 2.13. The number of nitrogens with zero attached hydrogens (tertiary/aromatic N) is 1. The van der Waals surface area contributed by atoms with Gasteiger partial charge in [0, 0.05) is 11.1 Å². The summed E-state index contributed by atoms with van der Waals surface area (Å²) in [7, 11) is 0. The van der Waals surface area contributed by atoms with Crippen LogP contribution in [0.4, 0.5) is 0 Å². The fourth-order valence-electron chi connectivity index (χ4n) is 0.393. The molecule has 0 aromatic rings. The van der Waals surface area contributed by atoms with Crippen molar-refractivity contribution in [1.29, 1.82) is 0 Å². The van der Waals surface area contributed by atoms with Crippen LogP contribution < -0.4 is 0 Å². The highest BCUT2D eigenvalue weighted by molar-refractivity contribution is 6.65. The van der Waals surface area contributed by atoms with Crippen LogP contribution in [0.2, 0.25) is 0 Å². The Morgan fingerprint density at radius 1 is 1.45 bits per heavy atom. The van der Waals surface area contributed by atoms with Crippen molar-refractivity contribution in [1.82, 2.24) is 0 Å². The standard InChI is InChI=1S/C9H16ClN/c1-6-8(10)11-7(2)9(3,4)5/h2,6H2,1,3-5H3. The van der Waals surface area contributed by atoms with Gasteiger partial charge in [0.05, 0.1) is 0 Å². The number of hydrogen-bond donors (Lipinski definition) is 0. The Labute approximate surface area is 74.2 Å². The summed E-state index contributed by atoms with van der Waals surface area (Å²) in [6.07, 6.45) is 0.774. The molecule has 0 aromatic carbocycles. The van der Waals surface area contributed by atoms with Crippen molar-refractivity contribution in [3.05, 3.63) is 12.3 Å². The third-order valence-corrected chi connectivity index (χ3v) is 1.77. The second-order valence-electron chi connectivity index (χ2n) is 3.54. The second-order valence-corrected chi connectivity index (χ2v) is 3.97. The van der Waals surface area contributed by atoms with Gasteiger partial charge >= 0.3 is 0 Å². The highest BCUT2D eigenvalue weighted by Crippen LogP contribution is 2.24. The molecular weight excluding hydrogens is 158 g/mol. The predicted octanol–water partition coefficient (Wildman–Crippen LogP) is 3.59. The first-order valence-electron chi connectivity index (χ1n) is 3.80. The zero-order valence-electron chi connectivity index (χ0n) is 7.74. The van der Waals surface area contributed by atoms with Crippen molar-refractivity contribution >= 4 is 16.8 Å². The summed E-state index contributed by atoms with van der Waals surface area (Å²) < 4.78 is 0. The third-order valence-electron chi connectivity index (χ3n) is 1.41. The van der Waals surface area contributed by atoms with E-state index in [2.05, 4.69) is 32.3 Å². The lowest BCUT2D eigenvalue weighted by Crippen LogP contribution is -2.07. The van der Waals surface area contributed by atoms with Crippen LogP contribution in [0.3, 0.4) is 0 Å². The second kappa shape index (κ2) is 3.91. The molecule has 0 aliphatic heterocycles. The Balaban J connectivity index is 4.30. The largest absolute Gasteiger partial charge is 0.246 e. The topological polar surface area (TPSA) is 12.4 Å². The van der Waals surface area contributed by atoms with Gasteiger partial charge in [0.1, 0.15) is 5.17 Å². The van der Waals surface area contributed by atoms with Crippen LogP contribution in [0, 0.1) is 5.41 Å². The molecule has 0 saturated heterocycles. The van der Waals surface area contributed by atoms with E-state index in [-0.39, 0.29) is 5.41 Å². The maximum absolute atomic E-state index is 5.76. The van der Waals surface area contributed by atoms with Crippen LogP contribution in [-0.2, 0) is 0 Å². The summed E-state index contributed by atoms with van der Waals surface area (Å²) in [5, 5.41) is 0.630. The van der Waals surface area contributed by atoms with E-state index in [4.69, 9.17) is 11.6 Å². The van der Waals surface area contributed by atoms with Gasteiger partial charge < -0.3 is 0 Å². The van der Waals surface area contributed by atoms with Crippen LogP contribution in [-0.4, -0.2) is 5.17 Å². The Kier molecular flexibility index (Phi) is 3.81. The normalized spacial score (nSPS) is 13.4. The fraction of sp³-hybridized carbons (Fsp3) is 0.667. The molecule has 1 nitrogen and oxygen atoms in total. The van der Waals surface area contributed by atoms with E-state index in [9.17, 15) is 0 Å². The van der Waals surface area contributed by atoms with E-state index in [1.54, 1.807) is 0 Å². The summed E-state index contributed by atoms with van der Waals surface area (Å²) >= 11 is 5.76. The molecule has 0 spiro atoms. The number of rotatable bonds is 2. The van der Waals surface area contributed by atoms with E-state index in [0.717, 1.165) is 12.1 Å². The smallest absolute Gasteiger partial charge is 0.106 e. The summed E-state index contributed by atoms with van der Waals surface area (Å²) in [5.74, 6) is 0. The molecule has 0 radical (unpaired) electrons. The molecule has 0 heterocycles. The summed E-state index contributed by atoms with van der Waals surface area (Å²) in [6, 6.07) is 0. The molecule has 64 valence electrons. The minimum atomic E-state index is 0.0231. The summed E-state index contributed by atoms with van der Waals surface area (Å²) in [4.78, 5) is 4.15. The molecule has 0 aliphatic rings. The van der Waals surface area contributed by atoms with E-state index in [0.29, 0.717) is 5.17 Å². The van der Waals surface area contributed by atoms with Crippen molar-refractivity contribution in [2.75, 3.05) is 0 Å². The van der Waals surface area contributed by atoms with Gasteiger partial charge in [0.15, 0.2) is 0 Å². The number of aliphatic imine (C=N–C) groups is 1. The van der Waals surface area contributed by atoms with Gasteiger partial charge in [-0.25, -0.2) is 4.99 Å². The quantitative estimate of drug-likeness (QED) is 0.566. The number of hydrogen-bond acceptors (Lipinski definition) is 1. The molecule has 0 aromatic heterocycles. The van der Waals surface area contributed by atoms with Gasteiger partial charge in [0.25, 0.3) is 0 Å². The molecule has 11 heavy (non-hydrogen) atoms. The molecule has 0 unspecified atom stereocenters. The monoisotopic (exact) mass is 173 g/mol. The Morgan fingerprint density at radius 2 is 1.91 bits per heavy atom. The lowest BCUT2D eigenvalue weighted by atomic mass is 9.93. The number of halogens is 1. The van der Waals surface area contributed by atoms with Crippen molar-refractivity contribution in [3.63, 3.8) is 0 Å². The maximum atomic E-state index is 5.76. The average Bonchev–Trinajstić information content (AvgIpc) is 1.85. The van der Waals surface area contributed by atoms with E-state index in [1.807, 2.05) is 6.92 Å². The summed E-state index contributed by atoms with van der Waals surface area (Å²) in [5.41, 5.74) is 0.860. The van der Waals surface area contributed by atoms with E-state index in [1.165, 1.54) is 0 Å². The van der Waals surface area contributed by atoms with Gasteiger partial charge in [-0.1, -0.05) is 45.9 Å². The van der Waals surface area contributed by atoms with Crippen molar-refractivity contribution in [2.45, 2.75) is 34.1 Å². The lowest BCUT2D eigenvalue weighted by Gasteiger charge is -2.17. The highest BCUT2D eigenvalue weighted by atomic mass is 35.5. The molecule has 0 fully saturated rings. The molecular formula is C9H16ClN. The molecule has 0 rings (SSSR count). The van der Waals surface area contributed by atoms with Crippen molar-refractivity contribution < 1.29 is 0 Å². The molecule has 0 atom stereocenters. The Bertz CT molecular complexity index is 174. The zero-order valence-corrected chi connectivity index (χ0v) is 8.50. The van der Waals surface area contributed by atoms with Gasteiger partial charge in [-0.2, -0.15) is 0 Å². The molecule has 0 bridgehead atoms. The first-order chi connectivity index (χ1) is 4.88. The molecule has 0 aliphatic carbocycles. The Hall–Kier alpha value is -0.300. The predicted molar refractivity (Wildman–Crippen MR) is 52.2 cm³/mol. The van der Waals surface area contributed by atoms with Crippen LogP contribution in [0.1, 0.15) is 34.1 Å². The average molecular weight is 174 g/mol. The van der Waals surface area contributed by atoms with E-state index < -0.39 is 0 Å². The lowest BCUT2D eigenvalue weighted by molar-refractivity contribution is 0.500. The Morgan fingerprint density at radius 3 is 2.18 bits per heavy atom. The van der Waals surface area contributed by atoms with Crippen LogP contribution in [0.15, 0.2) is 17.3 Å². The van der Waals surface area contributed by atoms with Crippen LogP contribution >= 0.6 is 11.6 Å². The zero-order chi connectivity index (χ0) is 9.07. The molecule has 0 saturated carbocycles. The van der Waals surface area contributed by atoms with Crippen molar-refractivity contribution in [2.24, 2.45) is 10.4 Å². The summed E-state index contributed by atoms with van der Waals surface area (Å²) in [6.45, 7) is 12.0. The SMILES string of the molecule is C=C(N=C(Cl)CC)C(C)(C)C. The number of allylic oxidation sites excluding steroid dienone is 1. The van der Waals surface area contributed by atoms with Gasteiger partial charge in [-0.15, -0.1) is 0 Å². The van der Waals surface area contributed by atoms with Gasteiger partial charge in [-0.05, 0) is 6.42 Å². The minimum absolute atomic E-state index is 0.0231. The van der Waals surface area contributed by atoms with Gasteiger partial charge in [-0.3, -0.25) is 0 Å². The van der Waals surface area contributed by atoms with E-state index >= 15 is 0 Å². The fourth-order valence-corrected chi connectivity index (χ4v) is 0.495.